The van der Waals surface area contributed by atoms with Gasteiger partial charge in [-0.3, -0.25) is 14.7 Å². The number of amidine groups is 1. The molecule has 1 unspecified atom stereocenters. The fourth-order valence-electron chi connectivity index (χ4n) is 3.39. The highest BCUT2D eigenvalue weighted by molar-refractivity contribution is 7.80. The molecule has 33 heavy (non-hydrogen) atoms. The van der Waals surface area contributed by atoms with E-state index in [0.29, 0.717) is 23.5 Å². The first-order valence-electron chi connectivity index (χ1n) is 10.3. The van der Waals surface area contributed by atoms with Crippen molar-refractivity contribution in [2.24, 2.45) is 5.73 Å². The molecule has 0 aliphatic carbocycles. The van der Waals surface area contributed by atoms with Crippen molar-refractivity contribution in [1.82, 2.24) is 4.90 Å². The maximum Gasteiger partial charge on any atom is 0.322 e. The third kappa shape index (κ3) is 6.41. The topological polar surface area (TPSA) is 132 Å². The molecular weight excluding hydrogens is 438 g/mol. The number of rotatable bonds is 8. The van der Waals surface area contributed by atoms with E-state index >= 15 is 0 Å². The molecule has 0 fully saturated rings. The summed E-state index contributed by atoms with van der Waals surface area (Å²) >= 11 is -2.27. The Morgan fingerprint density at radius 3 is 2.45 bits per heavy atom. The summed E-state index contributed by atoms with van der Waals surface area (Å²) in [6.45, 7) is 4.15. The molecule has 0 bridgehead atoms. The second kappa shape index (κ2) is 10.8. The highest BCUT2D eigenvalue weighted by Gasteiger charge is 2.19. The lowest BCUT2D eigenvalue weighted by Crippen LogP contribution is -2.39. The highest BCUT2D eigenvalue weighted by Crippen LogP contribution is 2.31. The van der Waals surface area contributed by atoms with Crippen molar-refractivity contribution >= 4 is 34.5 Å². The molecule has 0 radical (unpaired) electrons. The number of anilines is 2. The Hall–Kier alpha value is -3.69. The maximum absolute atomic E-state index is 13.1. The average molecular weight is 466 g/mol. The molecule has 3 aromatic rings. The number of hydrogen-bond acceptors (Lipinski definition) is 3. The molecule has 172 valence electrons. The third-order valence-electron chi connectivity index (χ3n) is 5.03. The number of nitrogens with zero attached hydrogens (tertiary/aromatic N) is 1. The smallest absolute Gasteiger partial charge is 0.322 e. The standard InChI is InChI=1S/C24H27N5O3S/c1-16(2)29(15-17-7-6-10-19(13-17)23(25)26)24(30)27-20-11-12-21(18-8-4-3-5-9-18)22(14-20)28-33(31)32/h3-14,16,28H,15H2,1-2H3,(H3,25,26)(H,27,30)(H,31,32). The van der Waals surface area contributed by atoms with Crippen molar-refractivity contribution in [2.75, 3.05) is 10.0 Å². The third-order valence-corrected chi connectivity index (χ3v) is 5.42. The molecule has 8 nitrogen and oxygen atoms in total. The van der Waals surface area contributed by atoms with Gasteiger partial charge in [-0.1, -0.05) is 54.6 Å². The van der Waals surface area contributed by atoms with E-state index < -0.39 is 11.3 Å². The van der Waals surface area contributed by atoms with Crippen LogP contribution in [0.1, 0.15) is 25.0 Å². The van der Waals surface area contributed by atoms with E-state index in [1.807, 2.05) is 50.2 Å². The van der Waals surface area contributed by atoms with Crippen molar-refractivity contribution in [3.05, 3.63) is 83.9 Å². The normalized spacial score (nSPS) is 11.6. The summed E-state index contributed by atoms with van der Waals surface area (Å²) in [5, 5.41) is 10.5. The van der Waals surface area contributed by atoms with E-state index in [-0.39, 0.29) is 17.9 Å². The molecule has 0 aromatic heterocycles. The van der Waals surface area contributed by atoms with Crippen LogP contribution in [0, 0.1) is 5.41 Å². The minimum absolute atomic E-state index is 0.0304. The molecule has 0 saturated heterocycles. The van der Waals surface area contributed by atoms with Crippen molar-refractivity contribution < 1.29 is 13.6 Å². The quantitative estimate of drug-likeness (QED) is 0.188. The molecule has 0 saturated carbocycles. The number of nitrogen functional groups attached to an aromatic ring is 1. The molecule has 0 heterocycles. The van der Waals surface area contributed by atoms with Gasteiger partial charge in [0.1, 0.15) is 5.84 Å². The van der Waals surface area contributed by atoms with Crippen LogP contribution >= 0.6 is 0 Å². The van der Waals surface area contributed by atoms with Crippen molar-refractivity contribution in [1.29, 1.82) is 5.41 Å². The van der Waals surface area contributed by atoms with Gasteiger partial charge in [0.05, 0.1) is 5.69 Å². The van der Waals surface area contributed by atoms with Gasteiger partial charge in [0.25, 0.3) is 11.3 Å². The van der Waals surface area contributed by atoms with E-state index in [2.05, 4.69) is 10.0 Å². The predicted molar refractivity (Wildman–Crippen MR) is 133 cm³/mol. The van der Waals surface area contributed by atoms with Crippen LogP contribution in [-0.2, 0) is 17.8 Å². The van der Waals surface area contributed by atoms with Gasteiger partial charge in [0.2, 0.25) is 0 Å². The van der Waals surface area contributed by atoms with Crippen LogP contribution in [0.25, 0.3) is 11.1 Å². The van der Waals surface area contributed by atoms with E-state index in [1.165, 1.54) is 0 Å². The second-order valence-electron chi connectivity index (χ2n) is 7.74. The number of nitrogens with one attached hydrogen (secondary N) is 3. The predicted octanol–water partition coefficient (Wildman–Crippen LogP) is 4.63. The summed E-state index contributed by atoms with van der Waals surface area (Å²) in [4.78, 5) is 14.7. The van der Waals surface area contributed by atoms with Crippen LogP contribution < -0.4 is 15.8 Å². The zero-order valence-electron chi connectivity index (χ0n) is 18.4. The molecule has 6 N–H and O–H groups in total. The monoisotopic (exact) mass is 465 g/mol. The fraction of sp³-hybridized carbons (Fsp3) is 0.167. The van der Waals surface area contributed by atoms with Gasteiger partial charge in [-0.2, -0.15) is 0 Å². The van der Waals surface area contributed by atoms with Crippen LogP contribution in [0.3, 0.4) is 0 Å². The van der Waals surface area contributed by atoms with E-state index in [0.717, 1.165) is 16.7 Å². The van der Waals surface area contributed by atoms with Gasteiger partial charge in [0, 0.05) is 29.4 Å². The number of urea groups is 1. The first kappa shape index (κ1) is 24.0. The minimum Gasteiger partial charge on any atom is -0.384 e. The zero-order valence-corrected chi connectivity index (χ0v) is 19.2. The summed E-state index contributed by atoms with van der Waals surface area (Å²) in [5.41, 5.74) is 9.54. The van der Waals surface area contributed by atoms with Gasteiger partial charge in [0.15, 0.2) is 0 Å². The van der Waals surface area contributed by atoms with Crippen LogP contribution in [0.2, 0.25) is 0 Å². The molecule has 1 atom stereocenters. The Morgan fingerprint density at radius 2 is 1.82 bits per heavy atom. The lowest BCUT2D eigenvalue weighted by molar-refractivity contribution is 0.193. The fourth-order valence-corrected chi connectivity index (χ4v) is 3.75. The summed E-state index contributed by atoms with van der Waals surface area (Å²) in [6.07, 6.45) is 0. The number of benzene rings is 3. The SMILES string of the molecule is CC(C)N(Cc1cccc(C(=N)N)c1)C(=O)Nc1ccc(-c2ccccc2)c(NS(=O)O)c1. The lowest BCUT2D eigenvalue weighted by atomic mass is 10.0. The lowest BCUT2D eigenvalue weighted by Gasteiger charge is -2.27. The largest absolute Gasteiger partial charge is 0.384 e. The highest BCUT2D eigenvalue weighted by atomic mass is 32.2. The molecular formula is C24H27N5O3S. The minimum atomic E-state index is -2.27. The summed E-state index contributed by atoms with van der Waals surface area (Å²) in [5.74, 6) is -0.0304. The van der Waals surface area contributed by atoms with Crippen LogP contribution in [-0.4, -0.2) is 31.6 Å². The van der Waals surface area contributed by atoms with E-state index in [4.69, 9.17) is 11.1 Å². The zero-order chi connectivity index (χ0) is 24.0. The van der Waals surface area contributed by atoms with Gasteiger partial charge >= 0.3 is 6.03 Å². The van der Waals surface area contributed by atoms with Crippen LogP contribution in [0.4, 0.5) is 16.2 Å². The Labute approximate surface area is 195 Å². The molecule has 0 aliphatic rings. The van der Waals surface area contributed by atoms with E-state index in [1.54, 1.807) is 41.3 Å². The number of nitrogens with two attached hydrogens (primary N) is 1. The summed E-state index contributed by atoms with van der Waals surface area (Å²) in [7, 11) is 0. The first-order chi connectivity index (χ1) is 15.7. The molecule has 0 spiro atoms. The molecule has 0 aliphatic heterocycles. The second-order valence-corrected chi connectivity index (χ2v) is 8.45. The average Bonchev–Trinajstić information content (AvgIpc) is 2.77. The molecule has 9 heteroatoms. The van der Waals surface area contributed by atoms with Gasteiger partial charge in [-0.15, -0.1) is 0 Å². The molecule has 3 aromatic carbocycles. The molecule has 3 rings (SSSR count). The Balaban J connectivity index is 1.84. The maximum atomic E-state index is 13.1. The van der Waals surface area contributed by atoms with Crippen molar-refractivity contribution in [2.45, 2.75) is 26.4 Å². The number of amides is 2. The van der Waals surface area contributed by atoms with Gasteiger partial charge in [-0.25, -0.2) is 9.00 Å². The van der Waals surface area contributed by atoms with Gasteiger partial charge < -0.3 is 16.0 Å². The number of hydrogen-bond donors (Lipinski definition) is 5. The molecule has 2 amide bonds. The number of carbonyl (C=O) groups excluding carboxylic acids is 1. The summed E-state index contributed by atoms with van der Waals surface area (Å²) in [6, 6.07) is 21.4. The summed E-state index contributed by atoms with van der Waals surface area (Å²) < 4.78 is 23.3. The van der Waals surface area contributed by atoms with Crippen LogP contribution in [0.15, 0.2) is 72.8 Å². The Kier molecular flexibility index (Phi) is 7.81. The van der Waals surface area contributed by atoms with E-state index in [9.17, 15) is 13.6 Å². The van der Waals surface area contributed by atoms with Crippen molar-refractivity contribution in [3.63, 3.8) is 0 Å². The Bertz CT molecular complexity index is 1170. The van der Waals surface area contributed by atoms with Crippen LogP contribution in [0.5, 0.6) is 0 Å². The van der Waals surface area contributed by atoms with Gasteiger partial charge in [-0.05, 0) is 43.2 Å². The van der Waals surface area contributed by atoms with Crippen molar-refractivity contribution in [3.8, 4) is 11.1 Å². The first-order valence-corrected chi connectivity index (χ1v) is 11.4. The number of carbonyl (C=O) groups is 1. The Morgan fingerprint density at radius 1 is 1.09 bits per heavy atom.